The molecule has 0 atom stereocenters. The number of aromatic nitrogens is 1. The molecule has 6 nitrogen and oxygen atoms in total. The molecule has 0 spiro atoms. The highest BCUT2D eigenvalue weighted by atomic mass is 16.4. The molecular weight excluding hydrogens is 270 g/mol. The molecule has 1 aromatic carbocycles. The molecule has 0 unspecified atom stereocenters. The van der Waals surface area contributed by atoms with Crippen molar-refractivity contribution in [2.45, 2.75) is 0 Å². The standard InChI is InChI=1S/C15H17N3O3/c19-14(20)10-17-5-7-18(8-6-17)15(21)13-9-11-3-1-2-4-12(11)16-13/h1-4,9,16H,5-8,10H2,(H,19,20). The number of aliphatic carboxylic acids is 1. The van der Waals surface area contributed by atoms with Crippen molar-refractivity contribution in [1.82, 2.24) is 14.8 Å². The molecule has 0 radical (unpaired) electrons. The summed E-state index contributed by atoms with van der Waals surface area (Å²) in [6.45, 7) is 2.34. The average Bonchev–Trinajstić information content (AvgIpc) is 2.90. The van der Waals surface area contributed by atoms with Gasteiger partial charge in [-0.25, -0.2) is 0 Å². The quantitative estimate of drug-likeness (QED) is 0.883. The van der Waals surface area contributed by atoms with Gasteiger partial charge in [0.1, 0.15) is 5.69 Å². The van der Waals surface area contributed by atoms with Crippen LogP contribution in [0.2, 0.25) is 0 Å². The fourth-order valence-electron chi connectivity index (χ4n) is 2.66. The zero-order valence-corrected chi connectivity index (χ0v) is 11.6. The Hall–Kier alpha value is -2.34. The first-order valence-corrected chi connectivity index (χ1v) is 6.94. The fourth-order valence-corrected chi connectivity index (χ4v) is 2.66. The second kappa shape index (κ2) is 5.57. The second-order valence-corrected chi connectivity index (χ2v) is 5.23. The number of para-hydroxylation sites is 1. The topological polar surface area (TPSA) is 76.6 Å². The molecule has 110 valence electrons. The van der Waals surface area contributed by atoms with Gasteiger partial charge < -0.3 is 15.0 Å². The maximum Gasteiger partial charge on any atom is 0.317 e. The number of rotatable bonds is 3. The Bertz CT molecular complexity index is 639. The zero-order chi connectivity index (χ0) is 14.8. The number of aromatic amines is 1. The van der Waals surface area contributed by atoms with Gasteiger partial charge in [-0.05, 0) is 12.1 Å². The number of fused-ring (bicyclic) bond motifs is 1. The lowest BCUT2D eigenvalue weighted by Crippen LogP contribution is -2.49. The Morgan fingerprint density at radius 1 is 1.14 bits per heavy atom. The van der Waals surface area contributed by atoms with Crippen LogP contribution in [0.25, 0.3) is 10.9 Å². The van der Waals surface area contributed by atoms with Crippen molar-refractivity contribution in [2.24, 2.45) is 0 Å². The van der Waals surface area contributed by atoms with Gasteiger partial charge in [-0.2, -0.15) is 0 Å². The number of carboxylic acid groups (broad SMARTS) is 1. The van der Waals surface area contributed by atoms with Crippen molar-refractivity contribution in [2.75, 3.05) is 32.7 Å². The summed E-state index contributed by atoms with van der Waals surface area (Å²) in [5.41, 5.74) is 1.54. The van der Waals surface area contributed by atoms with Gasteiger partial charge in [0.15, 0.2) is 0 Å². The summed E-state index contributed by atoms with van der Waals surface area (Å²) in [5, 5.41) is 9.79. The number of benzene rings is 1. The molecule has 1 aromatic heterocycles. The van der Waals surface area contributed by atoms with Gasteiger partial charge in [-0.3, -0.25) is 14.5 Å². The van der Waals surface area contributed by atoms with Crippen LogP contribution in [-0.2, 0) is 4.79 Å². The summed E-state index contributed by atoms with van der Waals surface area (Å²) in [5.74, 6) is -0.855. The minimum absolute atomic E-state index is 0.0267. The summed E-state index contributed by atoms with van der Waals surface area (Å²) in [6, 6.07) is 9.64. The molecule has 21 heavy (non-hydrogen) atoms. The van der Waals surface area contributed by atoms with Crippen LogP contribution < -0.4 is 0 Å². The second-order valence-electron chi connectivity index (χ2n) is 5.23. The predicted molar refractivity (Wildman–Crippen MR) is 78.3 cm³/mol. The third-order valence-corrected chi connectivity index (χ3v) is 3.78. The highest BCUT2D eigenvalue weighted by Gasteiger charge is 2.24. The normalized spacial score (nSPS) is 16.3. The molecule has 1 aliphatic rings. The van der Waals surface area contributed by atoms with E-state index in [9.17, 15) is 9.59 Å². The minimum Gasteiger partial charge on any atom is -0.480 e. The van der Waals surface area contributed by atoms with E-state index in [0.717, 1.165) is 10.9 Å². The molecule has 1 fully saturated rings. The first kappa shape index (κ1) is 13.6. The Kier molecular flexibility index (Phi) is 3.62. The molecular formula is C15H17N3O3. The van der Waals surface area contributed by atoms with Crippen LogP contribution in [0.15, 0.2) is 30.3 Å². The summed E-state index contributed by atoms with van der Waals surface area (Å²) in [7, 11) is 0. The summed E-state index contributed by atoms with van der Waals surface area (Å²) >= 11 is 0. The van der Waals surface area contributed by atoms with Crippen LogP contribution in [0.3, 0.4) is 0 Å². The molecule has 2 N–H and O–H groups in total. The third kappa shape index (κ3) is 2.90. The van der Waals surface area contributed by atoms with Crippen molar-refractivity contribution in [3.05, 3.63) is 36.0 Å². The first-order chi connectivity index (χ1) is 10.1. The molecule has 6 heteroatoms. The highest BCUT2D eigenvalue weighted by molar-refractivity contribution is 5.98. The van der Waals surface area contributed by atoms with Crippen LogP contribution in [0, 0.1) is 0 Å². The van der Waals surface area contributed by atoms with E-state index in [2.05, 4.69) is 4.98 Å². The molecule has 0 aliphatic carbocycles. The lowest BCUT2D eigenvalue weighted by molar-refractivity contribution is -0.138. The maximum atomic E-state index is 12.5. The molecule has 1 aliphatic heterocycles. The van der Waals surface area contributed by atoms with Crippen molar-refractivity contribution >= 4 is 22.8 Å². The molecule has 0 bridgehead atoms. The van der Waals surface area contributed by atoms with E-state index in [4.69, 9.17) is 5.11 Å². The number of carbonyl (C=O) groups is 2. The van der Waals surface area contributed by atoms with Gasteiger partial charge >= 0.3 is 5.97 Å². The smallest absolute Gasteiger partial charge is 0.317 e. The van der Waals surface area contributed by atoms with Crippen LogP contribution in [0.4, 0.5) is 0 Å². The van der Waals surface area contributed by atoms with Crippen LogP contribution in [0.5, 0.6) is 0 Å². The summed E-state index contributed by atoms with van der Waals surface area (Å²) in [6.07, 6.45) is 0. The number of hydrogen-bond acceptors (Lipinski definition) is 3. The Morgan fingerprint density at radius 3 is 2.52 bits per heavy atom. The number of hydrogen-bond donors (Lipinski definition) is 2. The predicted octanol–water partition coefficient (Wildman–Crippen LogP) is 1.01. The van der Waals surface area contributed by atoms with Gasteiger partial charge in [0.05, 0.1) is 6.54 Å². The Labute approximate surface area is 122 Å². The van der Waals surface area contributed by atoms with E-state index >= 15 is 0 Å². The van der Waals surface area contributed by atoms with E-state index in [1.165, 1.54) is 0 Å². The van der Waals surface area contributed by atoms with Crippen LogP contribution in [0.1, 0.15) is 10.5 Å². The summed E-state index contributed by atoms with van der Waals surface area (Å²) < 4.78 is 0. The monoisotopic (exact) mass is 287 g/mol. The highest BCUT2D eigenvalue weighted by Crippen LogP contribution is 2.16. The van der Waals surface area contributed by atoms with Crippen molar-refractivity contribution in [3.63, 3.8) is 0 Å². The number of nitrogens with zero attached hydrogens (tertiary/aromatic N) is 2. The fraction of sp³-hybridized carbons (Fsp3) is 0.333. The number of carboxylic acids is 1. The lowest BCUT2D eigenvalue weighted by atomic mass is 10.2. The van der Waals surface area contributed by atoms with E-state index in [1.807, 2.05) is 35.2 Å². The zero-order valence-electron chi connectivity index (χ0n) is 11.6. The van der Waals surface area contributed by atoms with Crippen molar-refractivity contribution in [1.29, 1.82) is 0 Å². The van der Waals surface area contributed by atoms with Gasteiger partial charge in [-0.1, -0.05) is 18.2 Å². The van der Waals surface area contributed by atoms with E-state index in [0.29, 0.717) is 31.9 Å². The first-order valence-electron chi connectivity index (χ1n) is 6.94. The number of H-pyrrole nitrogens is 1. The Balaban J connectivity index is 1.67. The Morgan fingerprint density at radius 2 is 1.86 bits per heavy atom. The number of piperazine rings is 1. The van der Waals surface area contributed by atoms with Gasteiger partial charge in [0, 0.05) is 37.1 Å². The van der Waals surface area contributed by atoms with Crippen LogP contribution >= 0.6 is 0 Å². The molecule has 3 rings (SSSR count). The average molecular weight is 287 g/mol. The van der Waals surface area contributed by atoms with Gasteiger partial charge in [-0.15, -0.1) is 0 Å². The number of carbonyl (C=O) groups excluding carboxylic acids is 1. The van der Waals surface area contributed by atoms with E-state index in [-0.39, 0.29) is 12.5 Å². The SMILES string of the molecule is O=C(O)CN1CCN(C(=O)c2cc3ccccc3[nH]2)CC1. The van der Waals surface area contributed by atoms with E-state index in [1.54, 1.807) is 4.90 Å². The maximum absolute atomic E-state index is 12.5. The van der Waals surface area contributed by atoms with Crippen molar-refractivity contribution in [3.8, 4) is 0 Å². The van der Waals surface area contributed by atoms with Crippen molar-refractivity contribution < 1.29 is 14.7 Å². The number of nitrogens with one attached hydrogen (secondary N) is 1. The molecule has 2 heterocycles. The largest absolute Gasteiger partial charge is 0.480 e. The van der Waals surface area contributed by atoms with Gasteiger partial charge in [0.2, 0.25) is 0 Å². The molecule has 0 saturated carbocycles. The third-order valence-electron chi connectivity index (χ3n) is 3.78. The van der Waals surface area contributed by atoms with E-state index < -0.39 is 5.97 Å². The molecule has 2 aromatic rings. The van der Waals surface area contributed by atoms with Crippen LogP contribution in [-0.4, -0.2) is 64.5 Å². The summed E-state index contributed by atoms with van der Waals surface area (Å²) in [4.78, 5) is 29.9. The molecule has 1 amide bonds. The lowest BCUT2D eigenvalue weighted by Gasteiger charge is -2.33. The molecule has 1 saturated heterocycles. The minimum atomic E-state index is -0.828. The number of amides is 1. The van der Waals surface area contributed by atoms with Gasteiger partial charge in [0.25, 0.3) is 5.91 Å².